The van der Waals surface area contributed by atoms with Gasteiger partial charge >= 0.3 is 6.09 Å². The third-order valence-corrected chi connectivity index (χ3v) is 8.61. The van der Waals surface area contributed by atoms with Crippen LogP contribution in [-0.2, 0) is 11.3 Å². The average molecular weight is 525 g/mol. The largest absolute Gasteiger partial charge is 0.440 e. The molecule has 0 spiro atoms. The van der Waals surface area contributed by atoms with Crippen LogP contribution in [0.15, 0.2) is 78.0 Å². The number of benzene rings is 2. The maximum Gasteiger partial charge on any atom is 0.415 e. The number of quaternary nitrogens is 1. The minimum Gasteiger partial charge on any atom is -0.440 e. The van der Waals surface area contributed by atoms with Crippen LogP contribution in [0, 0.1) is 17.6 Å². The lowest BCUT2D eigenvalue weighted by Gasteiger charge is -2.52. The highest BCUT2D eigenvalue weighted by molar-refractivity contribution is 7.99. The Balaban J connectivity index is 1.24. The van der Waals surface area contributed by atoms with Crippen molar-refractivity contribution in [1.29, 1.82) is 0 Å². The molecule has 0 N–H and O–H groups in total. The summed E-state index contributed by atoms with van der Waals surface area (Å²) in [6.45, 7) is 4.17. The number of aromatic nitrogens is 1. The molecule has 0 radical (unpaired) electrons. The Kier molecular flexibility index (Phi) is 8.05. The molecule has 1 unspecified atom stereocenters. The standard InChI is InChI=1S/C29H32F2N3O2S/c30-24-11-9-22(10-12-24)20-33(26-7-2-1-6-25(26)31)29(35)36-27-21-34(17-13-23(27)14-18-34)16-5-19-37-28-8-3-4-15-32-28/h1-4,6-12,15,23,27H,5,13-14,16-21H2/q+1. The summed E-state index contributed by atoms with van der Waals surface area (Å²) in [5.74, 6) is 0.483. The first-order valence-corrected chi connectivity index (χ1v) is 13.9. The molecule has 3 fully saturated rings. The molecule has 0 saturated carbocycles. The summed E-state index contributed by atoms with van der Waals surface area (Å²) in [5, 5.41) is 1.04. The van der Waals surface area contributed by atoms with Gasteiger partial charge in [-0.2, -0.15) is 0 Å². The molecule has 8 heteroatoms. The highest BCUT2D eigenvalue weighted by Gasteiger charge is 2.47. The summed E-state index contributed by atoms with van der Waals surface area (Å²) in [6.07, 6.45) is 4.20. The van der Waals surface area contributed by atoms with E-state index in [1.807, 2.05) is 24.4 Å². The molecule has 3 aromatic rings. The molecule has 2 aromatic carbocycles. The first-order valence-electron chi connectivity index (χ1n) is 12.9. The number of rotatable bonds is 9. The van der Waals surface area contributed by atoms with Gasteiger partial charge in [-0.15, -0.1) is 11.8 Å². The van der Waals surface area contributed by atoms with E-state index in [0.717, 1.165) is 60.7 Å². The third kappa shape index (κ3) is 6.30. The average Bonchev–Trinajstić information content (AvgIpc) is 2.92. The molecule has 1 amide bonds. The molecule has 6 rings (SSSR count). The molecule has 1 aromatic heterocycles. The Bertz CT molecular complexity index is 1190. The normalized spacial score (nSPS) is 22.5. The number of carbonyl (C=O) groups excluding carboxylic acids is 1. The maximum absolute atomic E-state index is 14.7. The van der Waals surface area contributed by atoms with Gasteiger partial charge in [-0.3, -0.25) is 4.90 Å². The predicted molar refractivity (Wildman–Crippen MR) is 141 cm³/mol. The van der Waals surface area contributed by atoms with Crippen molar-refractivity contribution in [3.63, 3.8) is 0 Å². The molecule has 2 bridgehead atoms. The van der Waals surface area contributed by atoms with Crippen molar-refractivity contribution in [1.82, 2.24) is 4.98 Å². The fraction of sp³-hybridized carbons (Fsp3) is 0.379. The van der Waals surface area contributed by atoms with Gasteiger partial charge in [0.25, 0.3) is 0 Å². The van der Waals surface area contributed by atoms with Crippen molar-refractivity contribution < 1.29 is 22.8 Å². The van der Waals surface area contributed by atoms with E-state index < -0.39 is 11.9 Å². The number of hydrogen-bond donors (Lipinski definition) is 0. The van der Waals surface area contributed by atoms with E-state index in [9.17, 15) is 13.6 Å². The fourth-order valence-corrected chi connectivity index (χ4v) is 6.36. The van der Waals surface area contributed by atoms with Crippen LogP contribution in [0.2, 0.25) is 0 Å². The molecule has 194 valence electrons. The number of halogens is 2. The smallest absolute Gasteiger partial charge is 0.415 e. The lowest BCUT2D eigenvalue weighted by molar-refractivity contribution is -0.946. The molecule has 3 aliphatic rings. The molecule has 3 aliphatic heterocycles. The first-order chi connectivity index (χ1) is 18.0. The molecule has 3 saturated heterocycles. The summed E-state index contributed by atoms with van der Waals surface area (Å²) in [5.41, 5.74) is 0.859. The van der Waals surface area contributed by atoms with Crippen molar-refractivity contribution in [2.24, 2.45) is 5.92 Å². The number of thioether (sulfide) groups is 1. The predicted octanol–water partition coefficient (Wildman–Crippen LogP) is 6.29. The topological polar surface area (TPSA) is 42.4 Å². The van der Waals surface area contributed by atoms with Crippen molar-refractivity contribution in [3.05, 3.63) is 90.1 Å². The quantitative estimate of drug-likeness (QED) is 0.187. The van der Waals surface area contributed by atoms with Gasteiger partial charge in [0.05, 0.1) is 36.9 Å². The van der Waals surface area contributed by atoms with Gasteiger partial charge in [-0.25, -0.2) is 18.6 Å². The van der Waals surface area contributed by atoms with Crippen molar-refractivity contribution >= 4 is 23.5 Å². The zero-order chi connectivity index (χ0) is 25.7. The van der Waals surface area contributed by atoms with E-state index in [2.05, 4.69) is 4.98 Å². The van der Waals surface area contributed by atoms with Crippen LogP contribution in [0.1, 0.15) is 24.8 Å². The van der Waals surface area contributed by atoms with E-state index in [4.69, 9.17) is 4.74 Å². The zero-order valence-electron chi connectivity index (χ0n) is 20.8. The van der Waals surface area contributed by atoms with Crippen molar-refractivity contribution in [3.8, 4) is 0 Å². The first kappa shape index (κ1) is 25.7. The molecule has 0 aliphatic carbocycles. The van der Waals surface area contributed by atoms with E-state index in [1.165, 1.54) is 23.1 Å². The molecule has 1 atom stereocenters. The summed E-state index contributed by atoms with van der Waals surface area (Å²) < 4.78 is 35.2. The lowest BCUT2D eigenvalue weighted by Crippen LogP contribution is -2.65. The van der Waals surface area contributed by atoms with Gasteiger partial charge in [0.15, 0.2) is 6.10 Å². The second-order valence-electron chi connectivity index (χ2n) is 9.99. The molecule has 37 heavy (non-hydrogen) atoms. The Morgan fingerprint density at radius 3 is 2.51 bits per heavy atom. The van der Waals surface area contributed by atoms with Gasteiger partial charge in [-0.05, 0) is 42.0 Å². The number of piperidine rings is 3. The van der Waals surface area contributed by atoms with Crippen LogP contribution in [0.5, 0.6) is 0 Å². The van der Waals surface area contributed by atoms with Gasteiger partial charge in [-0.1, -0.05) is 30.3 Å². The molecule has 5 nitrogen and oxygen atoms in total. The Hall–Kier alpha value is -2.97. The number of para-hydroxylation sites is 1. The number of amides is 1. The minimum absolute atomic E-state index is 0.0994. The highest BCUT2D eigenvalue weighted by atomic mass is 32.2. The van der Waals surface area contributed by atoms with Crippen LogP contribution in [-0.4, -0.2) is 53.6 Å². The number of anilines is 1. The summed E-state index contributed by atoms with van der Waals surface area (Å²) in [6, 6.07) is 18.0. The van der Waals surface area contributed by atoms with E-state index in [1.54, 1.807) is 42.1 Å². The van der Waals surface area contributed by atoms with E-state index in [-0.39, 0.29) is 24.2 Å². The van der Waals surface area contributed by atoms with Crippen molar-refractivity contribution in [2.75, 3.05) is 36.8 Å². The SMILES string of the molecule is O=C(OC1C[N+]2(CCCSc3ccccn3)CCC1CC2)N(Cc1ccc(F)cc1)c1ccccc1F. The Morgan fingerprint density at radius 2 is 1.78 bits per heavy atom. The molecule has 4 heterocycles. The van der Waals surface area contributed by atoms with Crippen molar-refractivity contribution in [2.45, 2.75) is 36.9 Å². The van der Waals surface area contributed by atoms with Gasteiger partial charge in [0, 0.05) is 37.1 Å². The summed E-state index contributed by atoms with van der Waals surface area (Å²) in [4.78, 5) is 19.2. The van der Waals surface area contributed by atoms with Crippen LogP contribution in [0.3, 0.4) is 0 Å². The fourth-order valence-electron chi connectivity index (χ4n) is 5.56. The summed E-state index contributed by atoms with van der Waals surface area (Å²) >= 11 is 1.77. The van der Waals surface area contributed by atoms with Gasteiger partial charge in [0.2, 0.25) is 0 Å². The van der Waals surface area contributed by atoms with Gasteiger partial charge in [0.1, 0.15) is 18.2 Å². The Morgan fingerprint density at radius 1 is 1.03 bits per heavy atom. The zero-order valence-corrected chi connectivity index (χ0v) is 21.6. The number of ether oxygens (including phenoxy) is 1. The minimum atomic E-state index is -0.558. The van der Waals surface area contributed by atoms with Crippen LogP contribution in [0.25, 0.3) is 0 Å². The second-order valence-corrected chi connectivity index (χ2v) is 11.1. The van der Waals surface area contributed by atoms with E-state index >= 15 is 0 Å². The molecular weight excluding hydrogens is 492 g/mol. The van der Waals surface area contributed by atoms with Crippen LogP contribution < -0.4 is 4.90 Å². The number of hydrogen-bond acceptors (Lipinski definition) is 4. The number of nitrogens with zero attached hydrogens (tertiary/aromatic N) is 3. The number of pyridine rings is 1. The highest BCUT2D eigenvalue weighted by Crippen LogP contribution is 2.37. The maximum atomic E-state index is 14.7. The van der Waals surface area contributed by atoms with Crippen LogP contribution >= 0.6 is 11.8 Å². The Labute approximate surface area is 221 Å². The third-order valence-electron chi connectivity index (χ3n) is 7.58. The van der Waals surface area contributed by atoms with Gasteiger partial charge < -0.3 is 9.22 Å². The monoisotopic (exact) mass is 524 g/mol. The van der Waals surface area contributed by atoms with Crippen LogP contribution in [0.4, 0.5) is 19.3 Å². The number of fused-ring (bicyclic) bond motifs is 3. The lowest BCUT2D eigenvalue weighted by atomic mass is 9.83. The number of carbonyl (C=O) groups is 1. The van der Waals surface area contributed by atoms with E-state index in [0.29, 0.717) is 11.5 Å². The summed E-state index contributed by atoms with van der Waals surface area (Å²) in [7, 11) is 0. The second kappa shape index (κ2) is 11.6. The molecular formula is C29H32F2N3O2S+.